The lowest BCUT2D eigenvalue weighted by Crippen LogP contribution is -2.29. The van der Waals surface area contributed by atoms with E-state index in [2.05, 4.69) is 5.32 Å². The summed E-state index contributed by atoms with van der Waals surface area (Å²) in [4.78, 5) is 13.7. The molecule has 1 aliphatic heterocycles. The highest BCUT2D eigenvalue weighted by atomic mass is 32.2. The number of amides is 1. The fraction of sp³-hybridized carbons (Fsp3) is 0.190. The van der Waals surface area contributed by atoms with Crippen molar-refractivity contribution < 1.29 is 13.2 Å². The van der Waals surface area contributed by atoms with Crippen LogP contribution in [0.1, 0.15) is 12.8 Å². The summed E-state index contributed by atoms with van der Waals surface area (Å²) in [5.41, 5.74) is 1.48. The van der Waals surface area contributed by atoms with E-state index in [1.807, 2.05) is 54.8 Å². The second-order valence-electron chi connectivity index (χ2n) is 6.56. The van der Waals surface area contributed by atoms with Gasteiger partial charge in [0, 0.05) is 23.2 Å². The van der Waals surface area contributed by atoms with E-state index in [4.69, 9.17) is 0 Å². The van der Waals surface area contributed by atoms with E-state index in [0.29, 0.717) is 17.0 Å². The number of hydrogen-bond donors (Lipinski definition) is 1. The van der Waals surface area contributed by atoms with Crippen LogP contribution < -0.4 is 9.62 Å². The molecule has 1 amide bonds. The Labute approximate surface area is 168 Å². The smallest absolute Gasteiger partial charge is 0.265 e. The standard InChI is InChI=1S/C21H20N2O3S2/c1-27-18-11-3-2-9-16(18)22-20(24)13-6-14-23-17-10-4-7-15-8-5-12-19(21(15)17)28(23,25)26/h2-5,7-12H,6,13-14H2,1H3,(H,22,24). The average molecular weight is 413 g/mol. The number of nitrogens with one attached hydrogen (secondary N) is 1. The fourth-order valence-electron chi connectivity index (χ4n) is 3.54. The van der Waals surface area contributed by atoms with Crippen LogP contribution in [-0.4, -0.2) is 27.1 Å². The first-order valence-electron chi connectivity index (χ1n) is 9.00. The van der Waals surface area contributed by atoms with Crippen LogP contribution in [0.4, 0.5) is 11.4 Å². The third-order valence-electron chi connectivity index (χ3n) is 4.83. The lowest BCUT2D eigenvalue weighted by Gasteiger charge is -2.18. The zero-order valence-electron chi connectivity index (χ0n) is 15.4. The lowest BCUT2D eigenvalue weighted by atomic mass is 10.1. The van der Waals surface area contributed by atoms with E-state index < -0.39 is 10.0 Å². The highest BCUT2D eigenvalue weighted by molar-refractivity contribution is 7.98. The number of hydrogen-bond acceptors (Lipinski definition) is 4. The molecule has 1 heterocycles. The third-order valence-corrected chi connectivity index (χ3v) is 7.48. The Morgan fingerprint density at radius 3 is 2.57 bits per heavy atom. The van der Waals surface area contributed by atoms with Gasteiger partial charge in [-0.2, -0.15) is 0 Å². The van der Waals surface area contributed by atoms with Gasteiger partial charge in [0.15, 0.2) is 0 Å². The number of carbonyl (C=O) groups excluding carboxylic acids is 1. The van der Waals surface area contributed by atoms with Gasteiger partial charge < -0.3 is 5.32 Å². The molecule has 28 heavy (non-hydrogen) atoms. The summed E-state index contributed by atoms with van der Waals surface area (Å²) in [6.07, 6.45) is 2.65. The van der Waals surface area contributed by atoms with Gasteiger partial charge in [-0.3, -0.25) is 9.10 Å². The molecule has 0 unspecified atom stereocenters. The third kappa shape index (κ3) is 3.25. The molecule has 0 spiro atoms. The Kier molecular flexibility index (Phi) is 5.03. The zero-order chi connectivity index (χ0) is 19.7. The Bertz CT molecular complexity index is 1150. The maximum absolute atomic E-state index is 12.9. The molecule has 5 nitrogen and oxygen atoms in total. The zero-order valence-corrected chi connectivity index (χ0v) is 17.0. The monoisotopic (exact) mass is 412 g/mol. The van der Waals surface area contributed by atoms with Crippen LogP contribution >= 0.6 is 11.8 Å². The highest BCUT2D eigenvalue weighted by Crippen LogP contribution is 2.42. The first kappa shape index (κ1) is 18.8. The molecule has 0 aromatic heterocycles. The minimum atomic E-state index is -3.57. The van der Waals surface area contributed by atoms with Crippen LogP contribution in [0.25, 0.3) is 10.8 Å². The Morgan fingerprint density at radius 2 is 1.79 bits per heavy atom. The van der Waals surface area contributed by atoms with Gasteiger partial charge in [0.25, 0.3) is 10.0 Å². The van der Waals surface area contributed by atoms with Crippen molar-refractivity contribution in [2.24, 2.45) is 0 Å². The maximum Gasteiger partial charge on any atom is 0.265 e. The molecule has 7 heteroatoms. The summed E-state index contributed by atoms with van der Waals surface area (Å²) in [6, 6.07) is 18.6. The summed E-state index contributed by atoms with van der Waals surface area (Å²) in [5.74, 6) is -0.117. The molecule has 3 aromatic rings. The van der Waals surface area contributed by atoms with Crippen molar-refractivity contribution in [1.29, 1.82) is 0 Å². The predicted molar refractivity (Wildman–Crippen MR) is 115 cm³/mol. The Hall–Kier alpha value is -2.51. The molecule has 3 aromatic carbocycles. The van der Waals surface area contributed by atoms with E-state index in [0.717, 1.165) is 21.4 Å². The average Bonchev–Trinajstić information content (AvgIpc) is 2.92. The van der Waals surface area contributed by atoms with Crippen LogP contribution in [0.2, 0.25) is 0 Å². The van der Waals surface area contributed by atoms with Crippen molar-refractivity contribution in [3.63, 3.8) is 0 Å². The highest BCUT2D eigenvalue weighted by Gasteiger charge is 2.35. The molecule has 0 aliphatic carbocycles. The van der Waals surface area contributed by atoms with Crippen LogP contribution in [0.5, 0.6) is 0 Å². The lowest BCUT2D eigenvalue weighted by molar-refractivity contribution is -0.116. The van der Waals surface area contributed by atoms with Crippen molar-refractivity contribution in [3.8, 4) is 0 Å². The molecule has 0 atom stereocenters. The molecule has 0 saturated carbocycles. The fourth-order valence-corrected chi connectivity index (χ4v) is 5.85. The summed E-state index contributed by atoms with van der Waals surface area (Å²) in [6.45, 7) is 0.272. The topological polar surface area (TPSA) is 66.5 Å². The van der Waals surface area contributed by atoms with Crippen molar-refractivity contribution in [1.82, 2.24) is 0 Å². The summed E-state index contributed by atoms with van der Waals surface area (Å²) in [7, 11) is -3.57. The number of rotatable bonds is 6. The van der Waals surface area contributed by atoms with Crippen LogP contribution in [0.15, 0.2) is 70.5 Å². The number of carbonyl (C=O) groups is 1. The largest absolute Gasteiger partial charge is 0.325 e. The van der Waals surface area contributed by atoms with Crippen molar-refractivity contribution >= 4 is 49.8 Å². The van der Waals surface area contributed by atoms with Gasteiger partial charge in [0.2, 0.25) is 5.91 Å². The van der Waals surface area contributed by atoms with Crippen LogP contribution in [-0.2, 0) is 14.8 Å². The SMILES string of the molecule is CSc1ccccc1NC(=O)CCCN1c2cccc3cccc(c23)S1(=O)=O. The summed E-state index contributed by atoms with van der Waals surface area (Å²) >= 11 is 1.57. The van der Waals surface area contributed by atoms with E-state index >= 15 is 0 Å². The summed E-state index contributed by atoms with van der Waals surface area (Å²) in [5, 5.41) is 4.59. The Morgan fingerprint density at radius 1 is 1.04 bits per heavy atom. The molecule has 0 bridgehead atoms. The molecular weight excluding hydrogens is 392 g/mol. The van der Waals surface area contributed by atoms with Gasteiger partial charge in [-0.05, 0) is 42.3 Å². The summed E-state index contributed by atoms with van der Waals surface area (Å²) < 4.78 is 27.3. The molecule has 144 valence electrons. The molecule has 0 saturated heterocycles. The van der Waals surface area contributed by atoms with Gasteiger partial charge >= 0.3 is 0 Å². The first-order chi connectivity index (χ1) is 13.5. The maximum atomic E-state index is 12.9. The van der Waals surface area contributed by atoms with E-state index in [1.54, 1.807) is 23.9 Å². The number of sulfonamides is 1. The van der Waals surface area contributed by atoms with Gasteiger partial charge in [-0.15, -0.1) is 11.8 Å². The second-order valence-corrected chi connectivity index (χ2v) is 9.24. The van der Waals surface area contributed by atoms with E-state index in [1.165, 1.54) is 4.31 Å². The first-order valence-corrected chi connectivity index (χ1v) is 11.7. The molecule has 4 rings (SSSR count). The van der Waals surface area contributed by atoms with Gasteiger partial charge in [0.1, 0.15) is 0 Å². The molecular formula is C21H20N2O3S2. The van der Waals surface area contributed by atoms with Gasteiger partial charge in [-0.1, -0.05) is 36.4 Å². The van der Waals surface area contributed by atoms with Gasteiger partial charge in [-0.25, -0.2) is 8.42 Å². The second kappa shape index (κ2) is 7.48. The van der Waals surface area contributed by atoms with Crippen molar-refractivity contribution in [3.05, 3.63) is 60.7 Å². The minimum absolute atomic E-state index is 0.117. The molecule has 1 N–H and O–H groups in total. The number of benzene rings is 3. The van der Waals surface area contributed by atoms with Gasteiger partial charge in [0.05, 0.1) is 16.3 Å². The molecule has 0 radical (unpaired) electrons. The molecule has 1 aliphatic rings. The quantitative estimate of drug-likeness (QED) is 0.606. The van der Waals surface area contributed by atoms with E-state index in [9.17, 15) is 13.2 Å². The normalized spacial score (nSPS) is 14.4. The number of para-hydroxylation sites is 1. The predicted octanol–water partition coefficient (Wildman–Crippen LogP) is 4.49. The van der Waals surface area contributed by atoms with Crippen LogP contribution in [0.3, 0.4) is 0 Å². The van der Waals surface area contributed by atoms with Crippen LogP contribution in [0, 0.1) is 0 Å². The number of anilines is 2. The minimum Gasteiger partial charge on any atom is -0.325 e. The van der Waals surface area contributed by atoms with Crippen molar-refractivity contribution in [2.75, 3.05) is 22.4 Å². The van der Waals surface area contributed by atoms with E-state index in [-0.39, 0.29) is 18.9 Å². The number of thioether (sulfide) groups is 1. The van der Waals surface area contributed by atoms with Crippen molar-refractivity contribution in [2.45, 2.75) is 22.6 Å². The molecule has 0 fully saturated rings. The Balaban J connectivity index is 1.46. The number of nitrogens with zero attached hydrogens (tertiary/aromatic N) is 1.